The Labute approximate surface area is 112 Å². The second-order valence-electron chi connectivity index (χ2n) is 4.02. The number of rotatable bonds is 4. The van der Waals surface area contributed by atoms with Crippen molar-refractivity contribution in [2.75, 3.05) is 0 Å². The van der Waals surface area contributed by atoms with E-state index in [1.54, 1.807) is 0 Å². The molecule has 1 aromatic carbocycles. The highest BCUT2D eigenvalue weighted by molar-refractivity contribution is 6.30. The summed E-state index contributed by atoms with van der Waals surface area (Å²) in [5, 5.41) is 0.711. The van der Waals surface area contributed by atoms with E-state index < -0.39 is 0 Å². The molecule has 2 N–H and O–H groups in total. The molecule has 3 nitrogen and oxygen atoms in total. The molecule has 0 aliphatic carbocycles. The topological polar surface area (TPSA) is 48.1 Å². The Hall–Kier alpha value is -1.58. The maximum Gasteiger partial charge on any atom is 0.130 e. The van der Waals surface area contributed by atoms with Crippen molar-refractivity contribution in [3.63, 3.8) is 0 Å². The first-order valence-electron chi connectivity index (χ1n) is 5.73. The summed E-state index contributed by atoms with van der Waals surface area (Å²) in [6.45, 7) is 2.83. The number of benzene rings is 1. The van der Waals surface area contributed by atoms with Gasteiger partial charge in [-0.05, 0) is 42.8 Å². The molecule has 0 saturated carbocycles. The first-order valence-corrected chi connectivity index (χ1v) is 6.10. The molecule has 0 radical (unpaired) electrons. The van der Waals surface area contributed by atoms with Crippen LogP contribution >= 0.6 is 11.6 Å². The number of halogens is 1. The summed E-state index contributed by atoms with van der Waals surface area (Å²) in [6, 6.07) is 11.3. The van der Waals surface area contributed by atoms with Crippen LogP contribution in [0.1, 0.15) is 17.0 Å². The number of nitrogens with two attached hydrogens (primary N) is 1. The van der Waals surface area contributed by atoms with E-state index in [-0.39, 0.29) is 0 Å². The first-order chi connectivity index (χ1) is 8.69. The number of hydrogen-bond donors (Lipinski definition) is 1. The third-order valence-electron chi connectivity index (χ3n) is 2.59. The smallest absolute Gasteiger partial charge is 0.130 e. The summed E-state index contributed by atoms with van der Waals surface area (Å²) in [6.07, 6.45) is 0. The molecule has 2 rings (SSSR count). The van der Waals surface area contributed by atoms with E-state index in [4.69, 9.17) is 22.1 Å². The van der Waals surface area contributed by atoms with E-state index in [1.807, 2.05) is 43.3 Å². The fourth-order valence-corrected chi connectivity index (χ4v) is 1.88. The molecular weight excluding hydrogens is 248 g/mol. The molecule has 0 spiro atoms. The lowest BCUT2D eigenvalue weighted by molar-refractivity contribution is 0.299. The quantitative estimate of drug-likeness (QED) is 0.921. The summed E-state index contributed by atoms with van der Waals surface area (Å²) in [7, 11) is 0. The van der Waals surface area contributed by atoms with Crippen molar-refractivity contribution in [3.8, 4) is 5.75 Å². The van der Waals surface area contributed by atoms with Crippen molar-refractivity contribution in [1.82, 2.24) is 4.98 Å². The SMILES string of the molecule is Cc1cc(Cl)ccc1OCc1cccc(CN)n1. The molecule has 0 amide bonds. The van der Waals surface area contributed by atoms with E-state index >= 15 is 0 Å². The summed E-state index contributed by atoms with van der Waals surface area (Å²) >= 11 is 5.89. The molecule has 4 heteroatoms. The Morgan fingerprint density at radius 2 is 2.00 bits per heavy atom. The van der Waals surface area contributed by atoms with E-state index in [0.717, 1.165) is 22.7 Å². The fourth-order valence-electron chi connectivity index (χ4n) is 1.65. The number of aromatic nitrogens is 1. The Bertz CT molecular complexity index is 543. The largest absolute Gasteiger partial charge is 0.487 e. The minimum atomic E-state index is 0.427. The summed E-state index contributed by atoms with van der Waals surface area (Å²) in [5.41, 5.74) is 8.29. The maximum absolute atomic E-state index is 5.89. The van der Waals surface area contributed by atoms with Gasteiger partial charge in [-0.1, -0.05) is 17.7 Å². The molecule has 1 heterocycles. The van der Waals surface area contributed by atoms with Gasteiger partial charge >= 0.3 is 0 Å². The van der Waals surface area contributed by atoms with E-state index in [1.165, 1.54) is 0 Å². The minimum absolute atomic E-state index is 0.427. The second-order valence-corrected chi connectivity index (χ2v) is 4.46. The van der Waals surface area contributed by atoms with Crippen LogP contribution in [0.3, 0.4) is 0 Å². The first kappa shape index (κ1) is 12.9. The fraction of sp³-hybridized carbons (Fsp3) is 0.214. The van der Waals surface area contributed by atoms with Gasteiger partial charge in [0.15, 0.2) is 0 Å². The molecule has 94 valence electrons. The van der Waals surface area contributed by atoms with Crippen LogP contribution in [0.5, 0.6) is 5.75 Å². The lowest BCUT2D eigenvalue weighted by Crippen LogP contribution is -2.04. The molecule has 0 bridgehead atoms. The zero-order valence-electron chi connectivity index (χ0n) is 10.2. The average Bonchev–Trinajstić information content (AvgIpc) is 2.38. The number of ether oxygens (including phenoxy) is 1. The molecule has 0 aliphatic rings. The molecule has 0 saturated heterocycles. The van der Waals surface area contributed by atoms with Gasteiger partial charge < -0.3 is 10.5 Å². The highest BCUT2D eigenvalue weighted by Crippen LogP contribution is 2.22. The number of hydrogen-bond acceptors (Lipinski definition) is 3. The van der Waals surface area contributed by atoms with Crippen molar-refractivity contribution in [2.45, 2.75) is 20.1 Å². The molecule has 0 aliphatic heterocycles. The van der Waals surface area contributed by atoms with Gasteiger partial charge in [-0.15, -0.1) is 0 Å². The van der Waals surface area contributed by atoms with Crippen molar-refractivity contribution < 1.29 is 4.74 Å². The lowest BCUT2D eigenvalue weighted by Gasteiger charge is -2.09. The standard InChI is InChI=1S/C14H15ClN2O/c1-10-7-11(15)5-6-14(10)18-9-13-4-2-3-12(8-16)17-13/h2-7H,8-9,16H2,1H3. The van der Waals surface area contributed by atoms with Crippen LogP contribution in [0.25, 0.3) is 0 Å². The monoisotopic (exact) mass is 262 g/mol. The Morgan fingerprint density at radius 3 is 2.72 bits per heavy atom. The highest BCUT2D eigenvalue weighted by atomic mass is 35.5. The predicted octanol–water partition coefficient (Wildman–Crippen LogP) is 3.08. The van der Waals surface area contributed by atoms with Gasteiger partial charge in [-0.3, -0.25) is 4.98 Å². The third kappa shape index (κ3) is 3.22. The molecule has 1 aromatic heterocycles. The molecule has 0 unspecified atom stereocenters. The molecule has 0 fully saturated rings. The second kappa shape index (κ2) is 5.85. The van der Waals surface area contributed by atoms with Crippen molar-refractivity contribution in [3.05, 3.63) is 58.4 Å². The molecule has 18 heavy (non-hydrogen) atoms. The van der Waals surface area contributed by atoms with Gasteiger partial charge in [-0.2, -0.15) is 0 Å². The highest BCUT2D eigenvalue weighted by Gasteiger charge is 2.02. The van der Waals surface area contributed by atoms with Crippen LogP contribution < -0.4 is 10.5 Å². The molecular formula is C14H15ClN2O. The number of pyridine rings is 1. The molecule has 0 atom stereocenters. The Morgan fingerprint density at radius 1 is 1.22 bits per heavy atom. The summed E-state index contributed by atoms with van der Waals surface area (Å²) in [4.78, 5) is 4.38. The average molecular weight is 263 g/mol. The van der Waals surface area contributed by atoms with Gasteiger partial charge in [-0.25, -0.2) is 0 Å². The van der Waals surface area contributed by atoms with Crippen LogP contribution in [0.4, 0.5) is 0 Å². The van der Waals surface area contributed by atoms with Crippen LogP contribution in [0.2, 0.25) is 5.02 Å². The summed E-state index contributed by atoms with van der Waals surface area (Å²) < 4.78 is 5.72. The van der Waals surface area contributed by atoms with E-state index in [9.17, 15) is 0 Å². The van der Waals surface area contributed by atoms with E-state index in [0.29, 0.717) is 18.2 Å². The Kier molecular flexibility index (Phi) is 4.18. The van der Waals surface area contributed by atoms with Gasteiger partial charge in [0.1, 0.15) is 12.4 Å². The maximum atomic E-state index is 5.89. The van der Waals surface area contributed by atoms with Gasteiger partial charge in [0.25, 0.3) is 0 Å². The van der Waals surface area contributed by atoms with Crippen molar-refractivity contribution >= 4 is 11.6 Å². The lowest BCUT2D eigenvalue weighted by atomic mass is 10.2. The Balaban J connectivity index is 2.06. The molecule has 2 aromatic rings. The van der Waals surface area contributed by atoms with E-state index in [2.05, 4.69) is 4.98 Å². The normalized spacial score (nSPS) is 10.4. The minimum Gasteiger partial charge on any atom is -0.487 e. The van der Waals surface area contributed by atoms with Crippen LogP contribution in [-0.4, -0.2) is 4.98 Å². The van der Waals surface area contributed by atoms with Crippen LogP contribution in [0, 0.1) is 6.92 Å². The van der Waals surface area contributed by atoms with Gasteiger partial charge in [0.05, 0.1) is 11.4 Å². The third-order valence-corrected chi connectivity index (χ3v) is 2.82. The van der Waals surface area contributed by atoms with Crippen molar-refractivity contribution in [2.24, 2.45) is 5.73 Å². The van der Waals surface area contributed by atoms with Gasteiger partial charge in [0, 0.05) is 11.6 Å². The zero-order valence-corrected chi connectivity index (χ0v) is 10.9. The van der Waals surface area contributed by atoms with Crippen molar-refractivity contribution in [1.29, 1.82) is 0 Å². The van der Waals surface area contributed by atoms with Gasteiger partial charge in [0.2, 0.25) is 0 Å². The number of aryl methyl sites for hydroxylation is 1. The number of nitrogens with zero attached hydrogens (tertiary/aromatic N) is 1. The zero-order chi connectivity index (χ0) is 13.0. The predicted molar refractivity (Wildman–Crippen MR) is 72.6 cm³/mol. The van der Waals surface area contributed by atoms with Crippen LogP contribution in [0.15, 0.2) is 36.4 Å². The summed E-state index contributed by atoms with van der Waals surface area (Å²) in [5.74, 6) is 0.819. The van der Waals surface area contributed by atoms with Crippen LogP contribution in [-0.2, 0) is 13.2 Å².